The van der Waals surface area contributed by atoms with Gasteiger partial charge in [-0.05, 0) is 51.4 Å². The predicted molar refractivity (Wildman–Crippen MR) is 91.8 cm³/mol. The molecule has 118 valence electrons. The zero-order valence-electron chi connectivity index (χ0n) is 13.6. The van der Waals surface area contributed by atoms with Gasteiger partial charge in [-0.2, -0.15) is 0 Å². The van der Waals surface area contributed by atoms with Gasteiger partial charge in [0, 0.05) is 29.2 Å². The highest BCUT2D eigenvalue weighted by Crippen LogP contribution is 2.23. The van der Waals surface area contributed by atoms with Crippen LogP contribution in [-0.4, -0.2) is 24.2 Å². The first kappa shape index (κ1) is 18.1. The number of benzene rings is 1. The summed E-state index contributed by atoms with van der Waals surface area (Å²) in [6.45, 7) is 9.37. The third kappa shape index (κ3) is 7.53. The Labute approximate surface area is 133 Å². The first-order chi connectivity index (χ1) is 10.0. The zero-order valence-corrected chi connectivity index (χ0v) is 14.4. The van der Waals surface area contributed by atoms with Crippen molar-refractivity contribution in [3.8, 4) is 0 Å². The van der Waals surface area contributed by atoms with Crippen LogP contribution in [0.2, 0.25) is 0 Å². The highest BCUT2D eigenvalue weighted by Gasteiger charge is 2.06. The molecule has 0 heterocycles. The second-order valence-corrected chi connectivity index (χ2v) is 6.74. The minimum absolute atomic E-state index is 0.131. The molecule has 0 aliphatic heterocycles. The second-order valence-electron chi connectivity index (χ2n) is 5.57. The number of hydrogen-bond donors (Lipinski definition) is 2. The minimum atomic E-state index is 0.131. The lowest BCUT2D eigenvalue weighted by atomic mass is 10.1. The molecule has 0 fully saturated rings. The molecule has 1 aromatic rings. The average Bonchev–Trinajstić information content (AvgIpc) is 2.44. The van der Waals surface area contributed by atoms with Crippen LogP contribution in [0.4, 0.5) is 0 Å². The van der Waals surface area contributed by atoms with Gasteiger partial charge in [-0.25, -0.2) is 0 Å². The molecule has 4 heteroatoms. The monoisotopic (exact) mass is 308 g/mol. The molecule has 0 bridgehead atoms. The van der Waals surface area contributed by atoms with Crippen LogP contribution in [0.25, 0.3) is 0 Å². The molecule has 1 amide bonds. The third-order valence-corrected chi connectivity index (χ3v) is 4.10. The molecule has 0 saturated carbocycles. The van der Waals surface area contributed by atoms with Crippen LogP contribution in [0, 0.1) is 0 Å². The van der Waals surface area contributed by atoms with Gasteiger partial charge in [0.2, 0.25) is 5.91 Å². The summed E-state index contributed by atoms with van der Waals surface area (Å²) in [4.78, 5) is 12.8. The molecule has 1 aromatic carbocycles. The maximum atomic E-state index is 11.6. The quantitative estimate of drug-likeness (QED) is 0.683. The van der Waals surface area contributed by atoms with Crippen molar-refractivity contribution < 1.29 is 4.79 Å². The van der Waals surface area contributed by atoms with E-state index in [4.69, 9.17) is 0 Å². The Kier molecular flexibility index (Phi) is 8.47. The van der Waals surface area contributed by atoms with E-state index in [1.165, 1.54) is 10.5 Å². The largest absolute Gasteiger partial charge is 0.354 e. The lowest BCUT2D eigenvalue weighted by molar-refractivity contribution is -0.121. The van der Waals surface area contributed by atoms with Gasteiger partial charge in [0.05, 0.1) is 0 Å². The van der Waals surface area contributed by atoms with Crippen molar-refractivity contribution in [2.75, 3.05) is 12.3 Å². The number of thioether (sulfide) groups is 1. The summed E-state index contributed by atoms with van der Waals surface area (Å²) in [5.74, 6) is 0.949. The molecule has 21 heavy (non-hydrogen) atoms. The molecule has 3 nitrogen and oxygen atoms in total. The van der Waals surface area contributed by atoms with E-state index >= 15 is 0 Å². The fraction of sp³-hybridized carbons (Fsp3) is 0.588. The van der Waals surface area contributed by atoms with Crippen LogP contribution in [0.1, 0.15) is 52.1 Å². The molecule has 2 N–H and O–H groups in total. The van der Waals surface area contributed by atoms with Gasteiger partial charge in [0.1, 0.15) is 0 Å². The number of amides is 1. The first-order valence-corrected chi connectivity index (χ1v) is 8.77. The standard InChI is InChI=1S/C17H28N2OS/c1-5-10-18-14(4)15-7-6-8-16(12-15)21-11-9-17(20)19-13(2)3/h6-8,12-14,18H,5,9-11H2,1-4H3,(H,19,20). The summed E-state index contributed by atoms with van der Waals surface area (Å²) < 4.78 is 0. The molecule has 0 aromatic heterocycles. The molecular formula is C17H28N2OS. The molecule has 1 rings (SSSR count). The van der Waals surface area contributed by atoms with Gasteiger partial charge in [0.25, 0.3) is 0 Å². The molecule has 0 radical (unpaired) electrons. The minimum Gasteiger partial charge on any atom is -0.354 e. The van der Waals surface area contributed by atoms with Gasteiger partial charge in [-0.1, -0.05) is 19.1 Å². The van der Waals surface area contributed by atoms with E-state index in [0.29, 0.717) is 12.5 Å². The maximum absolute atomic E-state index is 11.6. The number of nitrogens with one attached hydrogen (secondary N) is 2. The van der Waals surface area contributed by atoms with Crippen molar-refractivity contribution in [3.63, 3.8) is 0 Å². The summed E-state index contributed by atoms with van der Waals surface area (Å²) in [5.41, 5.74) is 1.31. The van der Waals surface area contributed by atoms with Crippen molar-refractivity contribution in [1.82, 2.24) is 10.6 Å². The van der Waals surface area contributed by atoms with Crippen LogP contribution in [0.5, 0.6) is 0 Å². The van der Waals surface area contributed by atoms with Crippen LogP contribution < -0.4 is 10.6 Å². The molecule has 1 unspecified atom stereocenters. The smallest absolute Gasteiger partial charge is 0.221 e. The predicted octanol–water partition coefficient (Wildman–Crippen LogP) is 3.75. The van der Waals surface area contributed by atoms with E-state index in [0.717, 1.165) is 18.7 Å². The number of carbonyl (C=O) groups is 1. The van der Waals surface area contributed by atoms with Crippen LogP contribution in [0.3, 0.4) is 0 Å². The van der Waals surface area contributed by atoms with E-state index in [9.17, 15) is 4.79 Å². The fourth-order valence-electron chi connectivity index (χ4n) is 2.01. The Bertz CT molecular complexity index is 435. The molecule has 1 atom stereocenters. The van der Waals surface area contributed by atoms with Gasteiger partial charge < -0.3 is 10.6 Å². The molecule has 0 aliphatic carbocycles. The highest BCUT2D eigenvalue weighted by atomic mass is 32.2. The van der Waals surface area contributed by atoms with Gasteiger partial charge >= 0.3 is 0 Å². The van der Waals surface area contributed by atoms with E-state index in [1.54, 1.807) is 11.8 Å². The van der Waals surface area contributed by atoms with E-state index in [1.807, 2.05) is 13.8 Å². The van der Waals surface area contributed by atoms with Gasteiger partial charge in [-0.3, -0.25) is 4.79 Å². The van der Waals surface area contributed by atoms with Crippen molar-refractivity contribution in [2.24, 2.45) is 0 Å². The van der Waals surface area contributed by atoms with Crippen molar-refractivity contribution in [2.45, 2.75) is 57.5 Å². The van der Waals surface area contributed by atoms with Crippen LogP contribution in [-0.2, 0) is 4.79 Å². The lowest BCUT2D eigenvalue weighted by Gasteiger charge is -2.14. The molecule has 0 saturated heterocycles. The summed E-state index contributed by atoms with van der Waals surface area (Å²) in [6.07, 6.45) is 1.71. The molecular weight excluding hydrogens is 280 g/mol. The van der Waals surface area contributed by atoms with E-state index in [-0.39, 0.29) is 11.9 Å². The van der Waals surface area contributed by atoms with E-state index in [2.05, 4.69) is 48.7 Å². The summed E-state index contributed by atoms with van der Waals surface area (Å²) in [5, 5.41) is 6.42. The van der Waals surface area contributed by atoms with E-state index < -0.39 is 0 Å². The van der Waals surface area contributed by atoms with Crippen molar-refractivity contribution >= 4 is 17.7 Å². The van der Waals surface area contributed by atoms with Gasteiger partial charge in [0.15, 0.2) is 0 Å². The molecule has 0 spiro atoms. The summed E-state index contributed by atoms with van der Waals surface area (Å²) >= 11 is 1.74. The Hall–Kier alpha value is -1.00. The highest BCUT2D eigenvalue weighted by molar-refractivity contribution is 7.99. The maximum Gasteiger partial charge on any atom is 0.221 e. The van der Waals surface area contributed by atoms with Crippen molar-refractivity contribution in [3.05, 3.63) is 29.8 Å². The number of rotatable bonds is 9. The molecule has 0 aliphatic rings. The Morgan fingerprint density at radius 3 is 2.71 bits per heavy atom. The summed E-state index contributed by atoms with van der Waals surface area (Å²) in [7, 11) is 0. The summed E-state index contributed by atoms with van der Waals surface area (Å²) in [6, 6.07) is 9.17. The second kappa shape index (κ2) is 9.85. The Morgan fingerprint density at radius 1 is 1.29 bits per heavy atom. The Morgan fingerprint density at radius 2 is 2.05 bits per heavy atom. The topological polar surface area (TPSA) is 41.1 Å². The normalized spacial score (nSPS) is 12.4. The number of carbonyl (C=O) groups excluding carboxylic acids is 1. The lowest BCUT2D eigenvalue weighted by Crippen LogP contribution is -2.30. The fourth-order valence-corrected chi connectivity index (χ4v) is 2.93. The van der Waals surface area contributed by atoms with Crippen LogP contribution in [0.15, 0.2) is 29.2 Å². The third-order valence-electron chi connectivity index (χ3n) is 3.11. The average molecular weight is 308 g/mol. The zero-order chi connectivity index (χ0) is 15.7. The Balaban J connectivity index is 2.44. The SMILES string of the molecule is CCCNC(C)c1cccc(SCCC(=O)NC(C)C)c1. The first-order valence-electron chi connectivity index (χ1n) is 7.78. The number of hydrogen-bond acceptors (Lipinski definition) is 3. The van der Waals surface area contributed by atoms with Gasteiger partial charge in [-0.15, -0.1) is 11.8 Å². The van der Waals surface area contributed by atoms with Crippen LogP contribution >= 0.6 is 11.8 Å². The van der Waals surface area contributed by atoms with Crippen molar-refractivity contribution in [1.29, 1.82) is 0 Å².